The van der Waals surface area contributed by atoms with Crippen LogP contribution in [0, 0.1) is 0 Å². The van der Waals surface area contributed by atoms with E-state index in [1.165, 1.54) is 30.4 Å². The van der Waals surface area contributed by atoms with Gasteiger partial charge in [0.15, 0.2) is 0 Å². The minimum Gasteiger partial charge on any atom is -0.422 e. The maximum Gasteiger partial charge on any atom is 0.344 e. The first-order chi connectivity index (χ1) is 12.1. The summed E-state index contributed by atoms with van der Waals surface area (Å²) in [6.45, 7) is 4.35. The van der Waals surface area contributed by atoms with Crippen molar-refractivity contribution in [2.75, 3.05) is 0 Å². The van der Waals surface area contributed by atoms with Crippen molar-refractivity contribution in [2.45, 2.75) is 50.8 Å². The molecule has 130 valence electrons. The molecule has 1 aromatic heterocycles. The van der Waals surface area contributed by atoms with Gasteiger partial charge >= 0.3 is 5.63 Å². The SMILES string of the molecule is CCCCCc1ccc(-c2cc3ccc(S)cc3oc2=O)c(CC)c1. The third-order valence-electron chi connectivity index (χ3n) is 4.63. The Balaban J connectivity index is 2.03. The Labute approximate surface area is 154 Å². The van der Waals surface area contributed by atoms with Crippen LogP contribution in [0.3, 0.4) is 0 Å². The molecule has 0 unspecified atom stereocenters. The molecule has 0 fully saturated rings. The quantitative estimate of drug-likeness (QED) is 0.333. The van der Waals surface area contributed by atoms with Crippen molar-refractivity contribution in [3.8, 4) is 11.1 Å². The van der Waals surface area contributed by atoms with Crippen LogP contribution >= 0.6 is 12.6 Å². The molecule has 25 heavy (non-hydrogen) atoms. The third-order valence-corrected chi connectivity index (χ3v) is 4.91. The Bertz CT molecular complexity index is 940. The molecule has 0 spiro atoms. The lowest BCUT2D eigenvalue weighted by Crippen LogP contribution is -2.05. The molecule has 0 N–H and O–H groups in total. The number of rotatable bonds is 6. The Morgan fingerprint density at radius 2 is 1.80 bits per heavy atom. The summed E-state index contributed by atoms with van der Waals surface area (Å²) in [5.74, 6) is 0. The number of hydrogen-bond acceptors (Lipinski definition) is 3. The van der Waals surface area contributed by atoms with Gasteiger partial charge in [0, 0.05) is 10.3 Å². The predicted molar refractivity (Wildman–Crippen MR) is 108 cm³/mol. The minimum atomic E-state index is -0.292. The number of benzene rings is 2. The van der Waals surface area contributed by atoms with Crippen molar-refractivity contribution in [3.63, 3.8) is 0 Å². The zero-order chi connectivity index (χ0) is 17.8. The number of aryl methyl sites for hydroxylation is 2. The van der Waals surface area contributed by atoms with E-state index in [0.717, 1.165) is 28.7 Å². The molecule has 0 aliphatic heterocycles. The molecule has 2 nitrogen and oxygen atoms in total. The van der Waals surface area contributed by atoms with E-state index in [-0.39, 0.29) is 5.63 Å². The highest BCUT2D eigenvalue weighted by Crippen LogP contribution is 2.27. The van der Waals surface area contributed by atoms with Gasteiger partial charge in [0.1, 0.15) is 5.58 Å². The molecular formula is C22H24O2S. The Hall–Kier alpha value is -2.00. The fourth-order valence-electron chi connectivity index (χ4n) is 3.22. The van der Waals surface area contributed by atoms with E-state index < -0.39 is 0 Å². The lowest BCUT2D eigenvalue weighted by atomic mass is 9.94. The highest BCUT2D eigenvalue weighted by molar-refractivity contribution is 7.80. The van der Waals surface area contributed by atoms with Crippen LogP contribution in [0.4, 0.5) is 0 Å². The summed E-state index contributed by atoms with van der Waals surface area (Å²) >= 11 is 4.31. The van der Waals surface area contributed by atoms with Crippen molar-refractivity contribution in [2.24, 2.45) is 0 Å². The first-order valence-corrected chi connectivity index (χ1v) is 9.46. The largest absolute Gasteiger partial charge is 0.422 e. The standard InChI is InChI=1S/C22H24O2S/c1-3-5-6-7-15-8-11-19(16(4-2)12-15)20-13-17-9-10-18(25)14-21(17)24-22(20)23/h8-14,25H,3-7H2,1-2H3. The predicted octanol–water partition coefficient (Wildman–Crippen LogP) is 6.04. The summed E-state index contributed by atoms with van der Waals surface area (Å²) in [6.07, 6.45) is 5.68. The fourth-order valence-corrected chi connectivity index (χ4v) is 3.42. The Kier molecular flexibility index (Phi) is 5.64. The van der Waals surface area contributed by atoms with Gasteiger partial charge in [-0.25, -0.2) is 4.79 Å². The van der Waals surface area contributed by atoms with Gasteiger partial charge in [-0.05, 0) is 54.2 Å². The molecule has 1 heterocycles. The average Bonchev–Trinajstić information content (AvgIpc) is 2.61. The highest BCUT2D eigenvalue weighted by atomic mass is 32.1. The van der Waals surface area contributed by atoms with E-state index in [1.54, 1.807) is 6.07 Å². The Morgan fingerprint density at radius 1 is 0.960 bits per heavy atom. The molecule has 3 rings (SSSR count). The minimum absolute atomic E-state index is 0.292. The summed E-state index contributed by atoms with van der Waals surface area (Å²) in [5.41, 5.74) is 4.45. The zero-order valence-electron chi connectivity index (χ0n) is 14.8. The monoisotopic (exact) mass is 352 g/mol. The second-order valence-electron chi connectivity index (χ2n) is 6.47. The van der Waals surface area contributed by atoms with Gasteiger partial charge < -0.3 is 4.42 Å². The van der Waals surface area contributed by atoms with Gasteiger partial charge in [0.25, 0.3) is 0 Å². The summed E-state index contributed by atoms with van der Waals surface area (Å²) < 4.78 is 5.53. The first-order valence-electron chi connectivity index (χ1n) is 9.01. The summed E-state index contributed by atoms with van der Waals surface area (Å²) in [5, 5.41) is 0.918. The van der Waals surface area contributed by atoms with E-state index in [2.05, 4.69) is 44.7 Å². The van der Waals surface area contributed by atoms with Crippen LogP contribution in [0.5, 0.6) is 0 Å². The number of thiol groups is 1. The van der Waals surface area contributed by atoms with Gasteiger partial charge in [-0.3, -0.25) is 0 Å². The summed E-state index contributed by atoms with van der Waals surface area (Å²) in [4.78, 5) is 13.3. The van der Waals surface area contributed by atoms with Gasteiger partial charge in [0.2, 0.25) is 0 Å². The van der Waals surface area contributed by atoms with Gasteiger partial charge in [-0.15, -0.1) is 12.6 Å². The maximum absolute atomic E-state index is 12.5. The van der Waals surface area contributed by atoms with E-state index in [1.807, 2.05) is 18.2 Å². The fraction of sp³-hybridized carbons (Fsp3) is 0.318. The molecule has 2 aromatic carbocycles. The van der Waals surface area contributed by atoms with Crippen LogP contribution in [0.1, 0.15) is 44.2 Å². The normalized spacial score (nSPS) is 11.2. The van der Waals surface area contributed by atoms with Crippen molar-refractivity contribution in [3.05, 3.63) is 64.0 Å². The molecule has 0 aliphatic carbocycles. The van der Waals surface area contributed by atoms with Crippen molar-refractivity contribution in [1.82, 2.24) is 0 Å². The van der Waals surface area contributed by atoms with E-state index in [0.29, 0.717) is 11.1 Å². The number of hydrogen-bond donors (Lipinski definition) is 1. The van der Waals surface area contributed by atoms with Gasteiger partial charge in [0.05, 0.1) is 5.56 Å². The molecule has 0 radical (unpaired) electrons. The number of fused-ring (bicyclic) bond motifs is 1. The van der Waals surface area contributed by atoms with E-state index >= 15 is 0 Å². The zero-order valence-corrected chi connectivity index (χ0v) is 15.7. The second-order valence-corrected chi connectivity index (χ2v) is 6.99. The van der Waals surface area contributed by atoms with Crippen molar-refractivity contribution >= 4 is 23.6 Å². The molecule has 0 saturated heterocycles. The molecule has 0 atom stereocenters. The molecule has 0 bridgehead atoms. The van der Waals surface area contributed by atoms with Crippen molar-refractivity contribution in [1.29, 1.82) is 0 Å². The molecular weight excluding hydrogens is 328 g/mol. The van der Waals surface area contributed by atoms with Crippen molar-refractivity contribution < 1.29 is 4.42 Å². The van der Waals surface area contributed by atoms with Gasteiger partial charge in [-0.1, -0.05) is 51.0 Å². The molecule has 3 aromatic rings. The van der Waals surface area contributed by atoms with Crippen LogP contribution in [-0.4, -0.2) is 0 Å². The summed E-state index contributed by atoms with van der Waals surface area (Å²) in [6, 6.07) is 14.0. The third kappa shape index (κ3) is 3.98. The van der Waals surface area contributed by atoms with Gasteiger partial charge in [-0.2, -0.15) is 0 Å². The van der Waals surface area contributed by atoms with Crippen LogP contribution in [0.2, 0.25) is 0 Å². The maximum atomic E-state index is 12.5. The average molecular weight is 352 g/mol. The van der Waals surface area contributed by atoms with Crippen LogP contribution < -0.4 is 5.63 Å². The summed E-state index contributed by atoms with van der Waals surface area (Å²) in [7, 11) is 0. The number of unbranched alkanes of at least 4 members (excludes halogenated alkanes) is 2. The van der Waals surface area contributed by atoms with Crippen LogP contribution in [-0.2, 0) is 12.8 Å². The molecule has 0 amide bonds. The molecule has 3 heteroatoms. The van der Waals surface area contributed by atoms with Crippen LogP contribution in [0.25, 0.3) is 22.1 Å². The Morgan fingerprint density at radius 3 is 2.56 bits per heavy atom. The smallest absolute Gasteiger partial charge is 0.344 e. The van der Waals surface area contributed by atoms with E-state index in [4.69, 9.17) is 4.42 Å². The highest BCUT2D eigenvalue weighted by Gasteiger charge is 2.12. The van der Waals surface area contributed by atoms with E-state index in [9.17, 15) is 4.79 Å². The topological polar surface area (TPSA) is 30.2 Å². The lowest BCUT2D eigenvalue weighted by molar-refractivity contribution is 0.562. The lowest BCUT2D eigenvalue weighted by Gasteiger charge is -2.11. The molecule has 0 aliphatic rings. The van der Waals surface area contributed by atoms with Crippen LogP contribution in [0.15, 0.2) is 56.6 Å². The second kappa shape index (κ2) is 7.92. The molecule has 0 saturated carbocycles. The first kappa shape index (κ1) is 17.8.